The smallest absolute Gasteiger partial charge is 0.119 e. The number of rotatable bonds is 6. The molecule has 19 heavy (non-hydrogen) atoms. The number of aliphatic hydroxyl groups is 1. The number of hydrogen-bond donors (Lipinski definition) is 2. The van der Waals surface area contributed by atoms with Gasteiger partial charge in [0.05, 0.1) is 17.2 Å². The van der Waals surface area contributed by atoms with Gasteiger partial charge in [0, 0.05) is 6.54 Å². The molecule has 0 radical (unpaired) electrons. The average Bonchev–Trinajstić information content (AvgIpc) is 2.43. The van der Waals surface area contributed by atoms with E-state index in [-0.39, 0.29) is 6.61 Å². The summed E-state index contributed by atoms with van der Waals surface area (Å²) in [6.07, 6.45) is 4.68. The molecule has 0 aliphatic carbocycles. The fraction of sp³-hybridized carbons (Fsp3) is 0.400. The van der Waals surface area contributed by atoms with Crippen molar-refractivity contribution in [3.8, 4) is 24.2 Å². The van der Waals surface area contributed by atoms with Crippen molar-refractivity contribution in [1.82, 2.24) is 5.32 Å². The molecule has 0 bridgehead atoms. The van der Waals surface area contributed by atoms with E-state index in [1.807, 2.05) is 19.9 Å². The van der Waals surface area contributed by atoms with E-state index in [0.717, 1.165) is 0 Å². The Morgan fingerprint density at radius 2 is 2.05 bits per heavy atom. The Morgan fingerprint density at radius 1 is 1.42 bits per heavy atom. The van der Waals surface area contributed by atoms with Crippen LogP contribution in [0, 0.1) is 23.7 Å². The first-order valence-electron chi connectivity index (χ1n) is 6.00. The van der Waals surface area contributed by atoms with E-state index in [9.17, 15) is 5.11 Å². The Kier molecular flexibility index (Phi) is 5.38. The van der Waals surface area contributed by atoms with Crippen molar-refractivity contribution in [1.29, 1.82) is 5.26 Å². The van der Waals surface area contributed by atoms with Crippen molar-refractivity contribution >= 4 is 0 Å². The van der Waals surface area contributed by atoms with Gasteiger partial charge in [-0.05, 0) is 38.1 Å². The molecule has 0 aliphatic heterocycles. The van der Waals surface area contributed by atoms with Crippen LogP contribution in [0.1, 0.15) is 19.4 Å². The van der Waals surface area contributed by atoms with E-state index in [4.69, 9.17) is 16.4 Å². The topological polar surface area (TPSA) is 65.3 Å². The summed E-state index contributed by atoms with van der Waals surface area (Å²) in [5.74, 6) is 3.21. The van der Waals surface area contributed by atoms with Crippen LogP contribution in [0.3, 0.4) is 0 Å². The Morgan fingerprint density at radius 3 is 2.58 bits per heavy atom. The lowest BCUT2D eigenvalue weighted by molar-refractivity contribution is 0.102. The first-order chi connectivity index (χ1) is 8.96. The molecule has 0 saturated heterocycles. The van der Waals surface area contributed by atoms with E-state index >= 15 is 0 Å². The van der Waals surface area contributed by atoms with Crippen molar-refractivity contribution in [3.63, 3.8) is 0 Å². The van der Waals surface area contributed by atoms with Crippen LogP contribution in [0.15, 0.2) is 24.3 Å². The molecule has 2 N–H and O–H groups in total. The van der Waals surface area contributed by atoms with Crippen LogP contribution in [0.2, 0.25) is 0 Å². The maximum absolute atomic E-state index is 9.76. The van der Waals surface area contributed by atoms with Crippen molar-refractivity contribution in [2.24, 2.45) is 0 Å². The third-order valence-electron chi connectivity index (χ3n) is 2.57. The molecular weight excluding hydrogens is 240 g/mol. The minimum atomic E-state index is -0.650. The number of nitrogens with zero attached hydrogens (tertiary/aromatic N) is 1. The maximum Gasteiger partial charge on any atom is 0.119 e. The quantitative estimate of drug-likeness (QED) is 0.755. The number of ether oxygens (including phenoxy) is 1. The summed E-state index contributed by atoms with van der Waals surface area (Å²) in [5, 5.41) is 21.5. The van der Waals surface area contributed by atoms with Gasteiger partial charge in [-0.15, -0.1) is 6.42 Å². The number of nitriles is 1. The normalized spacial score (nSPS) is 12.3. The van der Waals surface area contributed by atoms with Gasteiger partial charge in [-0.25, -0.2) is 0 Å². The molecule has 0 fully saturated rings. The van der Waals surface area contributed by atoms with Gasteiger partial charge in [0.2, 0.25) is 0 Å². The molecule has 0 amide bonds. The summed E-state index contributed by atoms with van der Waals surface area (Å²) in [6.45, 7) is 4.25. The number of terminal acetylenes is 1. The third kappa shape index (κ3) is 5.44. The number of benzene rings is 1. The molecule has 1 aromatic rings. The van der Waals surface area contributed by atoms with E-state index in [2.05, 4.69) is 11.2 Å². The van der Waals surface area contributed by atoms with Crippen LogP contribution in [0.25, 0.3) is 0 Å². The molecule has 0 heterocycles. The number of hydrogen-bond acceptors (Lipinski definition) is 4. The van der Waals surface area contributed by atoms with Crippen molar-refractivity contribution in [3.05, 3.63) is 29.8 Å². The highest BCUT2D eigenvalue weighted by molar-refractivity contribution is 5.34. The average molecular weight is 258 g/mol. The first-order valence-corrected chi connectivity index (χ1v) is 6.00. The maximum atomic E-state index is 9.76. The summed E-state index contributed by atoms with van der Waals surface area (Å²) >= 11 is 0. The van der Waals surface area contributed by atoms with E-state index < -0.39 is 11.6 Å². The van der Waals surface area contributed by atoms with Crippen LogP contribution in [-0.2, 0) is 0 Å². The summed E-state index contributed by atoms with van der Waals surface area (Å²) in [4.78, 5) is 0. The number of β-amino-alcohol motifs (C(OH)–C–C–N with tert-alkyl or cyclic N) is 1. The molecular formula is C15H18N2O2. The predicted molar refractivity (Wildman–Crippen MR) is 73.6 cm³/mol. The second-order valence-electron chi connectivity index (χ2n) is 4.75. The van der Waals surface area contributed by atoms with Gasteiger partial charge >= 0.3 is 0 Å². The highest BCUT2D eigenvalue weighted by atomic mass is 16.5. The van der Waals surface area contributed by atoms with Crippen LogP contribution in [0.4, 0.5) is 0 Å². The minimum Gasteiger partial charge on any atom is -0.491 e. The highest BCUT2D eigenvalue weighted by Crippen LogP contribution is 2.11. The van der Waals surface area contributed by atoms with Gasteiger partial charge in [0.25, 0.3) is 0 Å². The standard InChI is InChI=1S/C15H18N2O2/c1-4-15(2,3)17-10-13(18)11-19-14-7-5-12(9-16)6-8-14/h1,5-8,13,17-18H,10-11H2,2-3H3. The predicted octanol–water partition coefficient (Wildman–Crippen LogP) is 1.30. The fourth-order valence-electron chi connectivity index (χ4n) is 1.30. The third-order valence-corrected chi connectivity index (χ3v) is 2.57. The van der Waals surface area contributed by atoms with Gasteiger partial charge in [-0.3, -0.25) is 5.32 Å². The summed E-state index contributed by atoms with van der Waals surface area (Å²) in [6, 6.07) is 8.76. The molecule has 100 valence electrons. The molecule has 1 unspecified atom stereocenters. The molecule has 4 nitrogen and oxygen atoms in total. The first kappa shape index (κ1) is 15.0. The van der Waals surface area contributed by atoms with Crippen molar-refractivity contribution < 1.29 is 9.84 Å². The van der Waals surface area contributed by atoms with Crippen LogP contribution in [-0.4, -0.2) is 29.9 Å². The molecule has 0 spiro atoms. The molecule has 0 saturated carbocycles. The summed E-state index contributed by atoms with van der Waals surface area (Å²) in [7, 11) is 0. The molecule has 4 heteroatoms. The SMILES string of the molecule is C#CC(C)(C)NCC(O)COc1ccc(C#N)cc1. The van der Waals surface area contributed by atoms with Gasteiger partial charge in [-0.1, -0.05) is 5.92 Å². The van der Waals surface area contributed by atoms with Crippen LogP contribution < -0.4 is 10.1 Å². The van der Waals surface area contributed by atoms with Crippen molar-refractivity contribution in [2.75, 3.05) is 13.2 Å². The molecule has 1 rings (SSSR count). The highest BCUT2D eigenvalue weighted by Gasteiger charge is 2.15. The molecule has 1 atom stereocenters. The monoisotopic (exact) mass is 258 g/mol. The van der Waals surface area contributed by atoms with Gasteiger partial charge in [0.1, 0.15) is 18.5 Å². The molecule has 0 aliphatic rings. The summed E-state index contributed by atoms with van der Waals surface area (Å²) < 4.78 is 5.42. The number of aliphatic hydroxyl groups excluding tert-OH is 1. The Labute approximate surface area is 114 Å². The van der Waals surface area contributed by atoms with Crippen LogP contribution >= 0.6 is 0 Å². The zero-order chi connectivity index (χ0) is 14.3. The van der Waals surface area contributed by atoms with Gasteiger partial charge in [-0.2, -0.15) is 5.26 Å². The Hall–Kier alpha value is -2.01. The fourth-order valence-corrected chi connectivity index (χ4v) is 1.30. The lowest BCUT2D eigenvalue weighted by Crippen LogP contribution is -2.43. The second-order valence-corrected chi connectivity index (χ2v) is 4.75. The zero-order valence-corrected chi connectivity index (χ0v) is 11.2. The second kappa shape index (κ2) is 6.80. The van der Waals surface area contributed by atoms with Gasteiger partial charge in [0.15, 0.2) is 0 Å². The number of nitrogens with one attached hydrogen (secondary N) is 1. The minimum absolute atomic E-state index is 0.166. The largest absolute Gasteiger partial charge is 0.491 e. The summed E-state index contributed by atoms with van der Waals surface area (Å²) in [5.41, 5.74) is 0.125. The Balaban J connectivity index is 2.36. The zero-order valence-electron chi connectivity index (χ0n) is 11.2. The molecule has 0 aromatic heterocycles. The lowest BCUT2D eigenvalue weighted by Gasteiger charge is -2.22. The van der Waals surface area contributed by atoms with E-state index in [1.54, 1.807) is 24.3 Å². The molecule has 1 aromatic carbocycles. The van der Waals surface area contributed by atoms with Gasteiger partial charge < -0.3 is 9.84 Å². The van der Waals surface area contributed by atoms with Crippen molar-refractivity contribution in [2.45, 2.75) is 25.5 Å². The van der Waals surface area contributed by atoms with E-state index in [1.165, 1.54) is 0 Å². The lowest BCUT2D eigenvalue weighted by atomic mass is 10.1. The Bertz CT molecular complexity index is 480. The van der Waals surface area contributed by atoms with Crippen LogP contribution in [0.5, 0.6) is 5.75 Å². The van der Waals surface area contributed by atoms with E-state index in [0.29, 0.717) is 17.9 Å².